The standard InChI is InChI=1S/C17H26F2N4O2/c1-12-9-21-14(10-20-12)17(18,19)11-22-7-5-13(6-8-22)23(15(24)25)16(2,3)4/h9-10,13H,5-8,11H2,1-4H3,(H,24,25). The molecule has 0 atom stereocenters. The number of halogens is 2. The molecule has 0 aliphatic carbocycles. The van der Waals surface area contributed by atoms with Gasteiger partial charge in [0.15, 0.2) is 0 Å². The van der Waals surface area contributed by atoms with E-state index in [1.807, 2.05) is 20.8 Å². The highest BCUT2D eigenvalue weighted by Crippen LogP contribution is 2.30. The number of piperidine rings is 1. The van der Waals surface area contributed by atoms with Crippen LogP contribution in [-0.4, -0.2) is 62.2 Å². The quantitative estimate of drug-likeness (QED) is 0.898. The minimum absolute atomic E-state index is 0.151. The molecule has 6 nitrogen and oxygen atoms in total. The van der Waals surface area contributed by atoms with E-state index in [0.717, 1.165) is 6.20 Å². The van der Waals surface area contributed by atoms with Crippen molar-refractivity contribution in [3.8, 4) is 0 Å². The van der Waals surface area contributed by atoms with E-state index < -0.39 is 24.1 Å². The van der Waals surface area contributed by atoms with Gasteiger partial charge in [0.1, 0.15) is 5.69 Å². The zero-order valence-corrected chi connectivity index (χ0v) is 15.2. The lowest BCUT2D eigenvalue weighted by Gasteiger charge is -2.43. The fourth-order valence-corrected chi connectivity index (χ4v) is 3.27. The van der Waals surface area contributed by atoms with Gasteiger partial charge in [-0.15, -0.1) is 0 Å². The molecular weight excluding hydrogens is 330 g/mol. The van der Waals surface area contributed by atoms with E-state index >= 15 is 0 Å². The summed E-state index contributed by atoms with van der Waals surface area (Å²) in [6.07, 6.45) is 2.57. The number of amides is 1. The van der Waals surface area contributed by atoms with E-state index in [2.05, 4.69) is 9.97 Å². The number of aryl methyl sites for hydroxylation is 1. The topological polar surface area (TPSA) is 69.6 Å². The van der Waals surface area contributed by atoms with Crippen LogP contribution in [0.1, 0.15) is 45.0 Å². The third-order valence-corrected chi connectivity index (χ3v) is 4.43. The number of alkyl halides is 2. The lowest BCUT2D eigenvalue weighted by molar-refractivity contribution is -0.0527. The van der Waals surface area contributed by atoms with Gasteiger partial charge in [-0.1, -0.05) is 0 Å². The summed E-state index contributed by atoms with van der Waals surface area (Å²) in [5.74, 6) is -3.08. The van der Waals surface area contributed by atoms with Crippen molar-refractivity contribution in [1.82, 2.24) is 19.8 Å². The zero-order chi connectivity index (χ0) is 18.8. The first-order valence-corrected chi connectivity index (χ1v) is 8.42. The second-order valence-electron chi connectivity index (χ2n) is 7.58. The molecule has 140 valence electrons. The Bertz CT molecular complexity index is 594. The molecule has 1 aliphatic rings. The second kappa shape index (κ2) is 7.19. The molecule has 0 saturated carbocycles. The number of likely N-dealkylation sites (tertiary alicyclic amines) is 1. The molecule has 0 aromatic carbocycles. The highest BCUT2D eigenvalue weighted by Gasteiger charge is 2.39. The minimum atomic E-state index is -3.08. The molecule has 0 spiro atoms. The van der Waals surface area contributed by atoms with Crippen LogP contribution in [0, 0.1) is 6.92 Å². The van der Waals surface area contributed by atoms with Crippen molar-refractivity contribution in [2.24, 2.45) is 0 Å². The Kier molecular flexibility index (Phi) is 5.61. The molecule has 1 aromatic rings. The summed E-state index contributed by atoms with van der Waals surface area (Å²) >= 11 is 0. The van der Waals surface area contributed by atoms with Crippen LogP contribution >= 0.6 is 0 Å². The molecular formula is C17H26F2N4O2. The maximum absolute atomic E-state index is 14.4. The molecule has 0 radical (unpaired) electrons. The number of nitrogens with zero attached hydrogens (tertiary/aromatic N) is 4. The summed E-state index contributed by atoms with van der Waals surface area (Å²) in [5.41, 5.74) is -0.251. The van der Waals surface area contributed by atoms with Gasteiger partial charge >= 0.3 is 12.0 Å². The van der Waals surface area contributed by atoms with Gasteiger partial charge in [-0.2, -0.15) is 8.78 Å². The summed E-state index contributed by atoms with van der Waals surface area (Å²) in [7, 11) is 0. The first-order chi connectivity index (χ1) is 11.5. The predicted octanol–water partition coefficient (Wildman–Crippen LogP) is 3.12. The molecule has 1 fully saturated rings. The average molecular weight is 356 g/mol. The third-order valence-electron chi connectivity index (χ3n) is 4.43. The van der Waals surface area contributed by atoms with Crippen LogP contribution in [0.4, 0.5) is 13.6 Å². The van der Waals surface area contributed by atoms with Gasteiger partial charge in [-0.25, -0.2) is 4.79 Å². The van der Waals surface area contributed by atoms with Crippen molar-refractivity contribution in [3.05, 3.63) is 23.8 Å². The average Bonchev–Trinajstić information content (AvgIpc) is 2.47. The van der Waals surface area contributed by atoms with Gasteiger partial charge in [0.2, 0.25) is 0 Å². The zero-order valence-electron chi connectivity index (χ0n) is 15.2. The molecule has 8 heteroatoms. The number of carbonyl (C=O) groups is 1. The molecule has 1 amide bonds. The molecule has 1 aliphatic heterocycles. The van der Waals surface area contributed by atoms with E-state index in [-0.39, 0.29) is 11.7 Å². The maximum Gasteiger partial charge on any atom is 0.407 e. The Labute approximate surface area is 146 Å². The summed E-state index contributed by atoms with van der Waals surface area (Å²) in [6, 6.07) is -0.151. The van der Waals surface area contributed by atoms with Gasteiger partial charge in [-0.3, -0.25) is 14.9 Å². The van der Waals surface area contributed by atoms with Gasteiger partial charge in [0.25, 0.3) is 0 Å². The summed E-state index contributed by atoms with van der Waals surface area (Å²) < 4.78 is 28.8. The molecule has 2 heterocycles. The van der Waals surface area contributed by atoms with Crippen LogP contribution in [0.15, 0.2) is 12.4 Å². The fraction of sp³-hybridized carbons (Fsp3) is 0.706. The monoisotopic (exact) mass is 356 g/mol. The Morgan fingerprint density at radius 1 is 1.28 bits per heavy atom. The van der Waals surface area contributed by atoms with E-state index in [1.165, 1.54) is 11.1 Å². The van der Waals surface area contributed by atoms with Crippen molar-refractivity contribution in [2.75, 3.05) is 19.6 Å². The van der Waals surface area contributed by atoms with Crippen LogP contribution in [0.3, 0.4) is 0 Å². The van der Waals surface area contributed by atoms with E-state index in [0.29, 0.717) is 31.6 Å². The van der Waals surface area contributed by atoms with E-state index in [9.17, 15) is 18.7 Å². The first-order valence-electron chi connectivity index (χ1n) is 8.42. The van der Waals surface area contributed by atoms with E-state index in [4.69, 9.17) is 0 Å². The molecule has 2 rings (SSSR count). The number of rotatable bonds is 4. The highest BCUT2D eigenvalue weighted by atomic mass is 19.3. The van der Waals surface area contributed by atoms with Crippen molar-refractivity contribution >= 4 is 6.09 Å². The predicted molar refractivity (Wildman–Crippen MR) is 89.7 cm³/mol. The number of carboxylic acid groups (broad SMARTS) is 1. The molecule has 1 N–H and O–H groups in total. The van der Waals surface area contributed by atoms with Gasteiger partial charge < -0.3 is 10.0 Å². The maximum atomic E-state index is 14.4. The molecule has 0 unspecified atom stereocenters. The Balaban J connectivity index is 1.98. The first kappa shape index (κ1) is 19.5. The van der Waals surface area contributed by atoms with Crippen LogP contribution in [0.2, 0.25) is 0 Å². The normalized spacial score (nSPS) is 17.5. The van der Waals surface area contributed by atoms with Crippen LogP contribution in [0.25, 0.3) is 0 Å². The summed E-state index contributed by atoms with van der Waals surface area (Å²) in [6.45, 7) is 7.66. The van der Waals surface area contributed by atoms with Crippen molar-refractivity contribution in [3.63, 3.8) is 0 Å². The summed E-state index contributed by atoms with van der Waals surface area (Å²) in [5, 5.41) is 9.46. The molecule has 0 bridgehead atoms. The minimum Gasteiger partial charge on any atom is -0.465 e. The Hall–Kier alpha value is -1.83. The highest BCUT2D eigenvalue weighted by molar-refractivity contribution is 5.66. The molecule has 25 heavy (non-hydrogen) atoms. The lowest BCUT2D eigenvalue weighted by Crippen LogP contribution is -2.55. The van der Waals surface area contributed by atoms with Crippen LogP contribution < -0.4 is 0 Å². The molecule has 1 aromatic heterocycles. The number of hydrogen-bond acceptors (Lipinski definition) is 4. The lowest BCUT2D eigenvalue weighted by atomic mass is 9.96. The van der Waals surface area contributed by atoms with Crippen molar-refractivity contribution < 1.29 is 18.7 Å². The van der Waals surface area contributed by atoms with Crippen LogP contribution in [-0.2, 0) is 5.92 Å². The van der Waals surface area contributed by atoms with Crippen molar-refractivity contribution in [1.29, 1.82) is 0 Å². The van der Waals surface area contributed by atoms with Gasteiger partial charge in [-0.05, 0) is 40.5 Å². The smallest absolute Gasteiger partial charge is 0.407 e. The second-order valence-corrected chi connectivity index (χ2v) is 7.58. The Morgan fingerprint density at radius 2 is 1.88 bits per heavy atom. The van der Waals surface area contributed by atoms with Gasteiger partial charge in [0, 0.05) is 30.9 Å². The number of aromatic nitrogens is 2. The van der Waals surface area contributed by atoms with Gasteiger partial charge in [0.05, 0.1) is 18.4 Å². The summed E-state index contributed by atoms with van der Waals surface area (Å²) in [4.78, 5) is 22.3. The largest absolute Gasteiger partial charge is 0.465 e. The van der Waals surface area contributed by atoms with Crippen LogP contribution in [0.5, 0.6) is 0 Å². The third kappa shape index (κ3) is 4.84. The Morgan fingerprint density at radius 3 is 2.32 bits per heavy atom. The SMILES string of the molecule is Cc1cnc(C(F)(F)CN2CCC(N(C(=O)O)C(C)(C)C)CC2)cn1. The molecule has 1 saturated heterocycles. The number of hydrogen-bond donors (Lipinski definition) is 1. The van der Waals surface area contributed by atoms with Crippen molar-refractivity contribution in [2.45, 2.75) is 58.0 Å². The fourth-order valence-electron chi connectivity index (χ4n) is 3.27. The van der Waals surface area contributed by atoms with E-state index in [1.54, 1.807) is 11.8 Å².